The minimum atomic E-state index is 0.809. The molecule has 1 aliphatic heterocycles. The van der Waals surface area contributed by atoms with Gasteiger partial charge >= 0.3 is 0 Å². The summed E-state index contributed by atoms with van der Waals surface area (Å²) in [5.74, 6) is 1.03. The molecule has 0 aromatic heterocycles. The van der Waals surface area contributed by atoms with E-state index in [0.29, 0.717) is 0 Å². The summed E-state index contributed by atoms with van der Waals surface area (Å²) in [6, 6.07) is 0. The molecule has 0 aromatic rings. The monoisotopic (exact) mass is 211 g/mol. The normalized spacial score (nSPS) is 25.6. The highest BCUT2D eigenvalue weighted by atomic mass is 15.1. The van der Waals surface area contributed by atoms with Gasteiger partial charge in [-0.3, -0.25) is 0 Å². The molecular weight excluding hydrogens is 182 g/mol. The first-order valence-corrected chi connectivity index (χ1v) is 6.96. The maximum atomic E-state index is 2.65. The highest BCUT2D eigenvalue weighted by molar-refractivity contribution is 4.95. The number of hydrogen-bond donors (Lipinski definition) is 0. The van der Waals surface area contributed by atoms with E-state index in [4.69, 9.17) is 0 Å². The molecule has 15 heavy (non-hydrogen) atoms. The fraction of sp³-hybridized carbons (Fsp3) is 1.00. The molecular formula is C14H29N. The van der Waals surface area contributed by atoms with Gasteiger partial charge in [0, 0.05) is 0 Å². The van der Waals surface area contributed by atoms with Crippen molar-refractivity contribution in [3.63, 3.8) is 0 Å². The van der Waals surface area contributed by atoms with Crippen molar-refractivity contribution >= 4 is 0 Å². The lowest BCUT2D eigenvalue weighted by atomic mass is 9.58. The Morgan fingerprint density at radius 3 is 2.07 bits per heavy atom. The lowest BCUT2D eigenvalue weighted by molar-refractivity contribution is -0.00565. The van der Waals surface area contributed by atoms with Gasteiger partial charge in [-0.05, 0) is 63.1 Å². The van der Waals surface area contributed by atoms with Gasteiger partial charge in [-0.1, -0.05) is 27.7 Å². The summed E-state index contributed by atoms with van der Waals surface area (Å²) in [7, 11) is 0. The van der Waals surface area contributed by atoms with Crippen molar-refractivity contribution in [1.82, 2.24) is 4.90 Å². The van der Waals surface area contributed by atoms with E-state index in [2.05, 4.69) is 18.7 Å². The van der Waals surface area contributed by atoms with Gasteiger partial charge in [0.1, 0.15) is 0 Å². The molecule has 0 unspecified atom stereocenters. The molecule has 1 heteroatoms. The van der Waals surface area contributed by atoms with Crippen LogP contribution in [0.25, 0.3) is 0 Å². The second kappa shape index (κ2) is 5.89. The third-order valence-electron chi connectivity index (χ3n) is 4.02. The third-order valence-corrected chi connectivity index (χ3v) is 4.02. The van der Waals surface area contributed by atoms with Crippen LogP contribution in [0, 0.1) is 11.3 Å². The van der Waals surface area contributed by atoms with E-state index in [-0.39, 0.29) is 0 Å². The van der Waals surface area contributed by atoms with Gasteiger partial charge in [0.15, 0.2) is 0 Å². The Morgan fingerprint density at radius 1 is 1.13 bits per heavy atom. The molecule has 0 amide bonds. The molecule has 0 radical (unpaired) electrons. The standard InChI is InChI=1S/C12H23N.C2H6/c1-3-6-13-7-4-12(5-8-13)9-11(2)10-12;1-2/h11H,3-10H2,1-2H3;1-2H3. The average Bonchev–Trinajstić information content (AvgIpc) is 2.23. The van der Waals surface area contributed by atoms with Crippen LogP contribution in [0.3, 0.4) is 0 Å². The Hall–Kier alpha value is -0.0400. The first-order chi connectivity index (χ1) is 7.24. The lowest BCUT2D eigenvalue weighted by Crippen LogP contribution is -2.46. The fourth-order valence-electron chi connectivity index (χ4n) is 3.39. The van der Waals surface area contributed by atoms with Gasteiger partial charge in [0.05, 0.1) is 0 Å². The maximum absolute atomic E-state index is 2.65. The number of piperidine rings is 1. The van der Waals surface area contributed by atoms with Gasteiger partial charge in [-0.2, -0.15) is 0 Å². The highest BCUT2D eigenvalue weighted by Gasteiger charge is 2.43. The minimum Gasteiger partial charge on any atom is -0.303 e. The summed E-state index contributed by atoms with van der Waals surface area (Å²) in [6.07, 6.45) is 7.33. The molecule has 90 valence electrons. The largest absolute Gasteiger partial charge is 0.303 e. The first kappa shape index (κ1) is 13.0. The van der Waals surface area contributed by atoms with Gasteiger partial charge < -0.3 is 4.90 Å². The van der Waals surface area contributed by atoms with E-state index in [1.165, 1.54) is 51.7 Å². The van der Waals surface area contributed by atoms with Crippen LogP contribution in [0.5, 0.6) is 0 Å². The van der Waals surface area contributed by atoms with Crippen LogP contribution in [0.1, 0.15) is 59.8 Å². The van der Waals surface area contributed by atoms with Gasteiger partial charge in [0.2, 0.25) is 0 Å². The zero-order valence-electron chi connectivity index (χ0n) is 11.2. The second-order valence-corrected chi connectivity index (χ2v) is 5.36. The van der Waals surface area contributed by atoms with Crippen LogP contribution in [-0.4, -0.2) is 24.5 Å². The summed E-state index contributed by atoms with van der Waals surface area (Å²) in [6.45, 7) is 12.8. The fourth-order valence-corrected chi connectivity index (χ4v) is 3.39. The number of likely N-dealkylation sites (tertiary alicyclic amines) is 1. The van der Waals surface area contributed by atoms with Gasteiger partial charge in [-0.25, -0.2) is 0 Å². The summed E-state index contributed by atoms with van der Waals surface area (Å²) in [5.41, 5.74) is 0.809. The van der Waals surface area contributed by atoms with E-state index in [1.54, 1.807) is 0 Å². The number of nitrogens with zero attached hydrogens (tertiary/aromatic N) is 1. The molecule has 2 fully saturated rings. The van der Waals surface area contributed by atoms with Crippen molar-refractivity contribution in [3.8, 4) is 0 Å². The Labute approximate surface area is 96.2 Å². The molecule has 1 spiro atoms. The Kier molecular flexibility index (Phi) is 5.11. The van der Waals surface area contributed by atoms with Crippen molar-refractivity contribution in [1.29, 1.82) is 0 Å². The molecule has 0 N–H and O–H groups in total. The molecule has 1 saturated carbocycles. The quantitative estimate of drug-likeness (QED) is 0.669. The summed E-state index contributed by atoms with van der Waals surface area (Å²) < 4.78 is 0. The van der Waals surface area contributed by atoms with Crippen molar-refractivity contribution in [2.75, 3.05) is 19.6 Å². The first-order valence-electron chi connectivity index (χ1n) is 6.96. The molecule has 2 rings (SSSR count). The lowest BCUT2D eigenvalue weighted by Gasteiger charge is -2.51. The zero-order valence-corrected chi connectivity index (χ0v) is 11.2. The van der Waals surface area contributed by atoms with Crippen LogP contribution in [0.15, 0.2) is 0 Å². The summed E-state index contributed by atoms with van der Waals surface area (Å²) >= 11 is 0. The Balaban J connectivity index is 0.000000531. The van der Waals surface area contributed by atoms with Gasteiger partial charge in [0.25, 0.3) is 0 Å². The predicted molar refractivity (Wildman–Crippen MR) is 68.1 cm³/mol. The molecule has 1 heterocycles. The van der Waals surface area contributed by atoms with Gasteiger partial charge in [-0.15, -0.1) is 0 Å². The molecule has 1 nitrogen and oxygen atoms in total. The van der Waals surface area contributed by atoms with E-state index in [1.807, 2.05) is 13.8 Å². The van der Waals surface area contributed by atoms with E-state index in [9.17, 15) is 0 Å². The molecule has 0 aromatic carbocycles. The minimum absolute atomic E-state index is 0.809. The third kappa shape index (κ3) is 3.21. The number of hydrogen-bond acceptors (Lipinski definition) is 1. The van der Waals surface area contributed by atoms with Crippen molar-refractivity contribution in [2.24, 2.45) is 11.3 Å². The van der Waals surface area contributed by atoms with Crippen LogP contribution < -0.4 is 0 Å². The van der Waals surface area contributed by atoms with Crippen molar-refractivity contribution in [3.05, 3.63) is 0 Å². The highest BCUT2D eigenvalue weighted by Crippen LogP contribution is 2.52. The molecule has 1 aliphatic carbocycles. The van der Waals surface area contributed by atoms with Crippen LogP contribution >= 0.6 is 0 Å². The summed E-state index contributed by atoms with van der Waals surface area (Å²) in [4.78, 5) is 2.65. The Bertz CT molecular complexity index is 160. The van der Waals surface area contributed by atoms with Crippen LogP contribution in [-0.2, 0) is 0 Å². The molecule has 0 bridgehead atoms. The maximum Gasteiger partial charge on any atom is -0.00134 e. The molecule has 2 aliphatic rings. The van der Waals surface area contributed by atoms with E-state index >= 15 is 0 Å². The number of rotatable bonds is 2. The molecule has 1 saturated heterocycles. The topological polar surface area (TPSA) is 3.24 Å². The van der Waals surface area contributed by atoms with E-state index in [0.717, 1.165) is 11.3 Å². The zero-order chi connectivity index (χ0) is 11.3. The second-order valence-electron chi connectivity index (χ2n) is 5.36. The average molecular weight is 211 g/mol. The molecule has 0 atom stereocenters. The van der Waals surface area contributed by atoms with Crippen LogP contribution in [0.2, 0.25) is 0 Å². The SMILES string of the molecule is CC.CCCN1CCC2(CC1)CC(C)C2. The Morgan fingerprint density at radius 2 is 1.67 bits per heavy atom. The van der Waals surface area contributed by atoms with Crippen molar-refractivity contribution in [2.45, 2.75) is 59.8 Å². The van der Waals surface area contributed by atoms with E-state index < -0.39 is 0 Å². The van der Waals surface area contributed by atoms with Crippen molar-refractivity contribution < 1.29 is 0 Å². The predicted octanol–water partition coefficient (Wildman–Crippen LogP) is 3.93. The van der Waals surface area contributed by atoms with Crippen LogP contribution in [0.4, 0.5) is 0 Å². The summed E-state index contributed by atoms with van der Waals surface area (Å²) in [5, 5.41) is 0. The smallest absolute Gasteiger partial charge is 0.00134 e.